The maximum absolute atomic E-state index is 14.2. The van der Waals surface area contributed by atoms with Crippen LogP contribution in [0.4, 0.5) is 5.69 Å². The number of amides is 2. The topological polar surface area (TPSA) is 82.1 Å². The molecule has 204 valence electrons. The molecular weight excluding hydrogens is 518 g/mol. The molecule has 0 aromatic heterocycles. The van der Waals surface area contributed by atoms with Crippen molar-refractivity contribution >= 4 is 39.8 Å². The SMILES string of the molecule is CCOc1ccc(N2C(=O)[C@@H]3[C@@H]4C(=O)Oc5ccc6ccccc6c5C4=C[C@@H](c4ccc(OC)cc4)[C@H]3C2=O)cc1. The summed E-state index contributed by atoms with van der Waals surface area (Å²) in [4.78, 5) is 43.3. The normalized spacial score (nSPS) is 22.9. The van der Waals surface area contributed by atoms with Gasteiger partial charge in [-0.15, -0.1) is 0 Å². The highest BCUT2D eigenvalue weighted by Gasteiger charge is 2.60. The molecule has 7 rings (SSSR count). The van der Waals surface area contributed by atoms with Crippen molar-refractivity contribution in [3.63, 3.8) is 0 Å². The van der Waals surface area contributed by atoms with Crippen molar-refractivity contribution in [2.24, 2.45) is 17.8 Å². The Morgan fingerprint density at radius 2 is 1.51 bits per heavy atom. The molecule has 2 amide bonds. The van der Waals surface area contributed by atoms with E-state index >= 15 is 0 Å². The van der Waals surface area contributed by atoms with E-state index < -0.39 is 35.5 Å². The van der Waals surface area contributed by atoms with Gasteiger partial charge in [-0.05, 0) is 71.3 Å². The molecule has 2 heterocycles. The molecule has 7 nitrogen and oxygen atoms in total. The summed E-state index contributed by atoms with van der Waals surface area (Å²) in [6, 6.07) is 26.0. The summed E-state index contributed by atoms with van der Waals surface area (Å²) in [6.07, 6.45) is 2.01. The number of fused-ring (bicyclic) bond motifs is 7. The van der Waals surface area contributed by atoms with E-state index in [1.807, 2.05) is 67.6 Å². The first kappa shape index (κ1) is 25.1. The summed E-state index contributed by atoms with van der Waals surface area (Å²) >= 11 is 0. The molecule has 1 saturated heterocycles. The van der Waals surface area contributed by atoms with Crippen LogP contribution in [0.2, 0.25) is 0 Å². The lowest BCUT2D eigenvalue weighted by molar-refractivity contribution is -0.142. The van der Waals surface area contributed by atoms with Crippen molar-refractivity contribution in [3.05, 3.63) is 102 Å². The van der Waals surface area contributed by atoms with Crippen LogP contribution in [0.15, 0.2) is 91.0 Å². The lowest BCUT2D eigenvalue weighted by Gasteiger charge is -2.38. The van der Waals surface area contributed by atoms with Gasteiger partial charge in [-0.25, -0.2) is 4.90 Å². The molecule has 0 unspecified atom stereocenters. The van der Waals surface area contributed by atoms with Crippen molar-refractivity contribution in [3.8, 4) is 17.2 Å². The zero-order valence-corrected chi connectivity index (χ0v) is 22.6. The number of carbonyl (C=O) groups excluding carboxylic acids is 3. The number of hydrogen-bond donors (Lipinski definition) is 0. The molecule has 1 aliphatic carbocycles. The summed E-state index contributed by atoms with van der Waals surface area (Å²) in [6.45, 7) is 2.39. The molecule has 2 aliphatic heterocycles. The van der Waals surface area contributed by atoms with Gasteiger partial charge in [0.05, 0.1) is 37.2 Å². The molecule has 0 saturated carbocycles. The minimum atomic E-state index is -0.916. The Morgan fingerprint density at radius 3 is 2.24 bits per heavy atom. The summed E-state index contributed by atoms with van der Waals surface area (Å²) in [5, 5.41) is 1.93. The number of carbonyl (C=O) groups is 3. The fourth-order valence-corrected chi connectivity index (χ4v) is 6.60. The van der Waals surface area contributed by atoms with Crippen LogP contribution in [0.5, 0.6) is 17.2 Å². The predicted octanol–water partition coefficient (Wildman–Crippen LogP) is 5.77. The third kappa shape index (κ3) is 3.84. The second-order valence-corrected chi connectivity index (χ2v) is 10.5. The van der Waals surface area contributed by atoms with E-state index in [0.717, 1.165) is 27.5 Å². The zero-order chi connectivity index (χ0) is 28.2. The van der Waals surface area contributed by atoms with Crippen LogP contribution >= 0.6 is 0 Å². The maximum Gasteiger partial charge on any atom is 0.319 e. The van der Waals surface area contributed by atoms with Crippen molar-refractivity contribution in [1.29, 1.82) is 0 Å². The number of esters is 1. The number of ether oxygens (including phenoxy) is 3. The standard InChI is InChI=1S/C34H27NO6/c1-3-40-23-15-11-21(12-16-23)35-32(36)29-25(20-8-13-22(39-2)14-9-20)18-26-28-24-7-5-4-6-19(24)10-17-27(28)41-34(38)30(26)31(29)33(35)37/h4-18,25,29-31H,3H2,1-2H3/t25-,29+,30+,31-/m0/s1. The van der Waals surface area contributed by atoms with E-state index in [-0.39, 0.29) is 5.91 Å². The Labute approximate surface area is 236 Å². The first-order valence-electron chi connectivity index (χ1n) is 13.7. The molecule has 0 bridgehead atoms. The number of benzene rings is 4. The van der Waals surface area contributed by atoms with Gasteiger partial charge >= 0.3 is 5.97 Å². The molecule has 0 radical (unpaired) electrons. The summed E-state index contributed by atoms with van der Waals surface area (Å²) < 4.78 is 16.8. The van der Waals surface area contributed by atoms with Gasteiger partial charge < -0.3 is 14.2 Å². The smallest absolute Gasteiger partial charge is 0.319 e. The van der Waals surface area contributed by atoms with Gasteiger partial charge in [0.15, 0.2) is 0 Å². The number of methoxy groups -OCH3 is 1. The summed E-state index contributed by atoms with van der Waals surface area (Å²) in [5.74, 6) is -2.51. The maximum atomic E-state index is 14.2. The lowest BCUT2D eigenvalue weighted by Crippen LogP contribution is -2.42. The van der Waals surface area contributed by atoms with E-state index in [9.17, 15) is 14.4 Å². The molecule has 41 heavy (non-hydrogen) atoms. The largest absolute Gasteiger partial charge is 0.497 e. The molecule has 4 aromatic carbocycles. The van der Waals surface area contributed by atoms with Gasteiger partial charge in [0, 0.05) is 11.5 Å². The van der Waals surface area contributed by atoms with E-state index in [1.54, 1.807) is 37.4 Å². The molecule has 4 atom stereocenters. The van der Waals surface area contributed by atoms with Crippen LogP contribution in [-0.4, -0.2) is 31.5 Å². The van der Waals surface area contributed by atoms with E-state index in [0.29, 0.717) is 29.5 Å². The fraction of sp³-hybridized carbons (Fsp3) is 0.206. The summed E-state index contributed by atoms with van der Waals surface area (Å²) in [7, 11) is 1.60. The zero-order valence-electron chi connectivity index (χ0n) is 22.6. The van der Waals surface area contributed by atoms with Gasteiger partial charge in [-0.3, -0.25) is 14.4 Å². The van der Waals surface area contributed by atoms with Crippen LogP contribution in [-0.2, 0) is 14.4 Å². The average molecular weight is 546 g/mol. The summed E-state index contributed by atoms with van der Waals surface area (Å²) in [5.41, 5.74) is 2.83. The number of allylic oxidation sites excluding steroid dienone is 1. The van der Waals surface area contributed by atoms with Crippen LogP contribution < -0.4 is 19.1 Å². The average Bonchev–Trinajstić information content (AvgIpc) is 3.26. The van der Waals surface area contributed by atoms with Crippen LogP contribution in [0, 0.1) is 17.8 Å². The number of anilines is 1. The Morgan fingerprint density at radius 1 is 0.805 bits per heavy atom. The molecule has 0 spiro atoms. The Hall–Kier alpha value is -4.91. The third-order valence-electron chi connectivity index (χ3n) is 8.39. The first-order chi connectivity index (χ1) is 20.0. The quantitative estimate of drug-likeness (QED) is 0.180. The molecule has 0 N–H and O–H groups in total. The van der Waals surface area contributed by atoms with Gasteiger partial charge in [0.25, 0.3) is 0 Å². The second-order valence-electron chi connectivity index (χ2n) is 10.5. The monoisotopic (exact) mass is 545 g/mol. The fourth-order valence-electron chi connectivity index (χ4n) is 6.60. The number of rotatable bonds is 5. The Balaban J connectivity index is 1.42. The Kier molecular flexibility index (Phi) is 5.89. The van der Waals surface area contributed by atoms with E-state index in [1.165, 1.54) is 4.90 Å². The van der Waals surface area contributed by atoms with Crippen molar-refractivity contribution < 1.29 is 28.6 Å². The molecule has 3 aliphatic rings. The van der Waals surface area contributed by atoms with Gasteiger partial charge in [-0.1, -0.05) is 48.5 Å². The lowest BCUT2D eigenvalue weighted by atomic mass is 9.64. The highest BCUT2D eigenvalue weighted by Crippen LogP contribution is 2.55. The van der Waals surface area contributed by atoms with Gasteiger partial charge in [0.2, 0.25) is 11.8 Å². The second kappa shape index (κ2) is 9.63. The van der Waals surface area contributed by atoms with Crippen molar-refractivity contribution in [2.75, 3.05) is 18.6 Å². The van der Waals surface area contributed by atoms with Crippen LogP contribution in [0.3, 0.4) is 0 Å². The minimum absolute atomic E-state index is 0.336. The van der Waals surface area contributed by atoms with Crippen molar-refractivity contribution in [1.82, 2.24) is 0 Å². The van der Waals surface area contributed by atoms with Gasteiger partial charge in [0.1, 0.15) is 17.2 Å². The first-order valence-corrected chi connectivity index (χ1v) is 13.7. The van der Waals surface area contributed by atoms with E-state index in [2.05, 4.69) is 0 Å². The third-order valence-corrected chi connectivity index (χ3v) is 8.39. The predicted molar refractivity (Wildman–Crippen MR) is 154 cm³/mol. The number of nitrogens with zero attached hydrogens (tertiary/aromatic N) is 1. The van der Waals surface area contributed by atoms with Crippen LogP contribution in [0.25, 0.3) is 16.3 Å². The number of hydrogen-bond acceptors (Lipinski definition) is 6. The van der Waals surface area contributed by atoms with Gasteiger partial charge in [-0.2, -0.15) is 0 Å². The van der Waals surface area contributed by atoms with E-state index in [4.69, 9.17) is 14.2 Å². The molecule has 7 heteroatoms. The minimum Gasteiger partial charge on any atom is -0.497 e. The molecule has 4 aromatic rings. The number of imide groups is 1. The van der Waals surface area contributed by atoms with Crippen molar-refractivity contribution in [2.45, 2.75) is 12.8 Å². The highest BCUT2D eigenvalue weighted by atomic mass is 16.5. The Bertz CT molecular complexity index is 1740. The van der Waals surface area contributed by atoms with Crippen LogP contribution in [0.1, 0.15) is 24.0 Å². The highest BCUT2D eigenvalue weighted by molar-refractivity contribution is 6.25. The molecular formula is C34H27NO6. The molecule has 1 fully saturated rings.